The normalized spacial score (nSPS) is 15.2. The SMILES string of the molecule is CC/C=C\C/C=C\C/C=C\C/C=C\CCCCCCC(=O)OC(COCCC/C=C\C/C=C\C/C=C\C/C=C\CC)COP(=O)(O)OCC(O)CO. The van der Waals surface area contributed by atoms with Gasteiger partial charge in [0, 0.05) is 13.0 Å². The lowest BCUT2D eigenvalue weighted by Crippen LogP contribution is -2.29. The van der Waals surface area contributed by atoms with E-state index in [1.54, 1.807) is 0 Å². The van der Waals surface area contributed by atoms with Gasteiger partial charge in [-0.05, 0) is 83.5 Å². The van der Waals surface area contributed by atoms with Gasteiger partial charge >= 0.3 is 13.8 Å². The van der Waals surface area contributed by atoms with Gasteiger partial charge in [-0.25, -0.2) is 4.57 Å². The van der Waals surface area contributed by atoms with Crippen molar-refractivity contribution < 1.29 is 43.0 Å². The number of phosphoric acid groups is 1. The van der Waals surface area contributed by atoms with Crippen LogP contribution in [0.4, 0.5) is 0 Å². The van der Waals surface area contributed by atoms with E-state index < -0.39 is 45.8 Å². The Morgan fingerprint density at radius 3 is 1.54 bits per heavy atom. The summed E-state index contributed by atoms with van der Waals surface area (Å²) in [6.45, 7) is 3.05. The number of aliphatic hydroxyl groups is 2. The van der Waals surface area contributed by atoms with Gasteiger partial charge < -0.3 is 24.6 Å². The van der Waals surface area contributed by atoms with E-state index in [-0.39, 0.29) is 13.0 Å². The molecular formula is C42H69O9P. The van der Waals surface area contributed by atoms with Gasteiger partial charge in [0.05, 0.1) is 26.4 Å². The van der Waals surface area contributed by atoms with Crippen LogP contribution < -0.4 is 0 Å². The fourth-order valence-electron chi connectivity index (χ4n) is 4.41. The summed E-state index contributed by atoms with van der Waals surface area (Å²) in [4.78, 5) is 22.5. The highest BCUT2D eigenvalue weighted by Gasteiger charge is 2.26. The van der Waals surface area contributed by atoms with Gasteiger partial charge in [0.1, 0.15) is 12.2 Å². The molecule has 0 spiro atoms. The Morgan fingerprint density at radius 2 is 1.04 bits per heavy atom. The highest BCUT2D eigenvalue weighted by atomic mass is 31.2. The molecule has 0 fully saturated rings. The Labute approximate surface area is 315 Å². The van der Waals surface area contributed by atoms with E-state index in [0.29, 0.717) is 13.0 Å². The van der Waals surface area contributed by atoms with Crippen LogP contribution in [0.2, 0.25) is 0 Å². The molecule has 0 heterocycles. The zero-order valence-corrected chi connectivity index (χ0v) is 32.9. The number of ether oxygens (including phenoxy) is 2. The highest BCUT2D eigenvalue weighted by molar-refractivity contribution is 7.47. The van der Waals surface area contributed by atoms with Crippen molar-refractivity contribution in [2.24, 2.45) is 0 Å². The molecule has 0 aliphatic carbocycles. The Morgan fingerprint density at radius 1 is 0.596 bits per heavy atom. The lowest BCUT2D eigenvalue weighted by Gasteiger charge is -2.20. The summed E-state index contributed by atoms with van der Waals surface area (Å²) >= 11 is 0. The molecule has 0 rings (SSSR count). The van der Waals surface area contributed by atoms with E-state index in [9.17, 15) is 19.4 Å². The van der Waals surface area contributed by atoms with Crippen molar-refractivity contribution in [1.82, 2.24) is 0 Å². The van der Waals surface area contributed by atoms with Gasteiger partial charge in [-0.15, -0.1) is 0 Å². The second-order valence-corrected chi connectivity index (χ2v) is 13.6. The molecule has 10 heteroatoms. The third-order valence-corrected chi connectivity index (χ3v) is 8.22. The van der Waals surface area contributed by atoms with Crippen LogP contribution >= 0.6 is 7.82 Å². The van der Waals surface area contributed by atoms with Crippen LogP contribution in [0, 0.1) is 0 Å². The third-order valence-electron chi connectivity index (χ3n) is 7.27. The van der Waals surface area contributed by atoms with Gasteiger partial charge in [-0.3, -0.25) is 13.8 Å². The molecule has 0 aromatic carbocycles. The molecule has 0 aromatic rings. The molecule has 0 saturated heterocycles. The highest BCUT2D eigenvalue weighted by Crippen LogP contribution is 2.43. The number of hydrogen-bond donors (Lipinski definition) is 3. The summed E-state index contributed by atoms with van der Waals surface area (Å²) in [5.74, 6) is -0.430. The quantitative estimate of drug-likeness (QED) is 0.0251. The Hall–Kier alpha value is -2.62. The van der Waals surface area contributed by atoms with Crippen molar-refractivity contribution in [3.05, 3.63) is 97.2 Å². The first-order valence-corrected chi connectivity index (χ1v) is 20.7. The lowest BCUT2D eigenvalue weighted by molar-refractivity contribution is -0.154. The van der Waals surface area contributed by atoms with Crippen LogP contribution in [0.5, 0.6) is 0 Å². The number of carbonyl (C=O) groups excluding carboxylic acids is 1. The second-order valence-electron chi connectivity index (χ2n) is 12.2. The van der Waals surface area contributed by atoms with Crippen LogP contribution in [-0.4, -0.2) is 66.3 Å². The zero-order chi connectivity index (χ0) is 38.2. The van der Waals surface area contributed by atoms with Crippen LogP contribution in [0.3, 0.4) is 0 Å². The largest absolute Gasteiger partial charge is 0.472 e. The molecule has 0 saturated carbocycles. The van der Waals surface area contributed by atoms with E-state index >= 15 is 0 Å². The molecule has 0 aliphatic rings. The average molecular weight is 749 g/mol. The first-order chi connectivity index (χ1) is 25.3. The van der Waals surface area contributed by atoms with Crippen LogP contribution in [0.15, 0.2) is 97.2 Å². The number of carbonyl (C=O) groups is 1. The van der Waals surface area contributed by atoms with Gasteiger partial charge in [-0.2, -0.15) is 0 Å². The lowest BCUT2D eigenvalue weighted by atomic mass is 10.1. The maximum absolute atomic E-state index is 12.6. The van der Waals surface area contributed by atoms with Gasteiger partial charge in [0.2, 0.25) is 0 Å². The van der Waals surface area contributed by atoms with Crippen molar-refractivity contribution in [1.29, 1.82) is 0 Å². The molecule has 296 valence electrons. The maximum Gasteiger partial charge on any atom is 0.472 e. The number of esters is 1. The molecule has 3 unspecified atom stereocenters. The van der Waals surface area contributed by atoms with Crippen molar-refractivity contribution in [3.63, 3.8) is 0 Å². The summed E-state index contributed by atoms with van der Waals surface area (Å²) in [5.41, 5.74) is 0. The van der Waals surface area contributed by atoms with Crippen molar-refractivity contribution in [2.45, 2.75) is 129 Å². The van der Waals surface area contributed by atoms with E-state index in [0.717, 1.165) is 89.9 Å². The predicted octanol–water partition coefficient (Wildman–Crippen LogP) is 10.1. The standard InChI is InChI=1S/C42H69O9P/c1-3-5-7-9-11-13-15-17-19-20-21-22-24-26-28-30-32-34-42(45)51-41(39-50-52(46,47)49-37-40(44)36-43)38-48-35-33-31-29-27-25-23-18-16-14-12-10-8-6-4-2/h5-8,11-14,17-19,21-23,27,29,40-41,43-44H,3-4,9-10,15-16,20,24-26,28,30-39H2,1-2H3,(H,46,47)/b7-5-,8-6-,13-11-,14-12-,19-17-,22-21-,23-18-,29-27-. The summed E-state index contributed by atoms with van der Waals surface area (Å²) in [5, 5.41) is 18.3. The van der Waals surface area contributed by atoms with Crippen LogP contribution in [-0.2, 0) is 27.9 Å². The predicted molar refractivity (Wildman–Crippen MR) is 214 cm³/mol. The first kappa shape index (κ1) is 49.4. The fourth-order valence-corrected chi connectivity index (χ4v) is 5.20. The van der Waals surface area contributed by atoms with Crippen LogP contribution in [0.25, 0.3) is 0 Å². The number of hydrogen-bond acceptors (Lipinski definition) is 8. The van der Waals surface area contributed by atoms with Crippen molar-refractivity contribution in [2.75, 3.05) is 33.0 Å². The van der Waals surface area contributed by atoms with Gasteiger partial charge in [-0.1, -0.05) is 124 Å². The number of phosphoric ester groups is 1. The molecule has 9 nitrogen and oxygen atoms in total. The van der Waals surface area contributed by atoms with Gasteiger partial charge in [0.25, 0.3) is 0 Å². The molecule has 0 bridgehead atoms. The third kappa shape index (κ3) is 37.1. The zero-order valence-electron chi connectivity index (χ0n) is 32.0. The number of unbranched alkanes of at least 4 members (excludes halogenated alkanes) is 5. The van der Waals surface area contributed by atoms with Crippen LogP contribution in [0.1, 0.15) is 117 Å². The van der Waals surface area contributed by atoms with E-state index in [1.807, 2.05) is 0 Å². The Bertz CT molecular complexity index is 1120. The summed E-state index contributed by atoms with van der Waals surface area (Å²) in [6.07, 6.45) is 46.6. The summed E-state index contributed by atoms with van der Waals surface area (Å²) in [7, 11) is -4.54. The Kier molecular flexibility index (Phi) is 36.2. The molecule has 3 atom stereocenters. The van der Waals surface area contributed by atoms with Crippen molar-refractivity contribution >= 4 is 13.8 Å². The minimum atomic E-state index is -4.54. The minimum absolute atomic E-state index is 0.00587. The minimum Gasteiger partial charge on any atom is -0.457 e. The summed E-state index contributed by atoms with van der Waals surface area (Å²) in [6, 6.07) is 0. The van der Waals surface area contributed by atoms with E-state index in [4.69, 9.17) is 23.6 Å². The topological polar surface area (TPSA) is 132 Å². The first-order valence-electron chi connectivity index (χ1n) is 19.2. The number of aliphatic hydroxyl groups excluding tert-OH is 2. The monoisotopic (exact) mass is 748 g/mol. The number of rotatable bonds is 35. The van der Waals surface area contributed by atoms with E-state index in [2.05, 4.69) is 111 Å². The van der Waals surface area contributed by atoms with Gasteiger partial charge in [0.15, 0.2) is 0 Å². The molecule has 0 amide bonds. The second kappa shape index (κ2) is 38.1. The van der Waals surface area contributed by atoms with E-state index in [1.165, 1.54) is 0 Å². The molecule has 3 N–H and O–H groups in total. The molecular weight excluding hydrogens is 679 g/mol. The fraction of sp³-hybridized carbons (Fsp3) is 0.595. The number of allylic oxidation sites excluding steroid dienone is 16. The van der Waals surface area contributed by atoms with Crippen molar-refractivity contribution in [3.8, 4) is 0 Å². The summed E-state index contributed by atoms with van der Waals surface area (Å²) < 4.78 is 33.1. The molecule has 0 radical (unpaired) electrons. The maximum atomic E-state index is 12.6. The molecule has 52 heavy (non-hydrogen) atoms. The molecule has 0 aliphatic heterocycles. The Balaban J connectivity index is 4.40. The average Bonchev–Trinajstić information content (AvgIpc) is 3.13. The smallest absolute Gasteiger partial charge is 0.457 e. The molecule has 0 aromatic heterocycles.